The fraction of sp³-hybridized carbons (Fsp3) is 0.400. The van der Waals surface area contributed by atoms with Crippen LogP contribution in [0.2, 0.25) is 0 Å². The summed E-state index contributed by atoms with van der Waals surface area (Å²) in [5.41, 5.74) is 0. The van der Waals surface area contributed by atoms with Gasteiger partial charge in [0.15, 0.2) is 6.21 Å². The van der Waals surface area contributed by atoms with E-state index in [1.54, 1.807) is 0 Å². The highest BCUT2D eigenvalue weighted by Crippen LogP contribution is 1.84. The third kappa shape index (κ3) is 4.89. The van der Waals surface area contributed by atoms with Gasteiger partial charge in [-0.05, 0) is 0 Å². The molecule has 0 aliphatic rings. The highest BCUT2D eigenvalue weighted by atomic mass is 16.7. The maximum Gasteiger partial charge on any atom is 0.435 e. The predicted molar refractivity (Wildman–Crippen MR) is 36.3 cm³/mol. The fourth-order valence-electron chi connectivity index (χ4n) is 0.198. The zero-order valence-corrected chi connectivity index (χ0v) is 6.14. The molecular weight excluding hydrogens is 152 g/mol. The third-order valence-electron chi connectivity index (χ3n) is 0.659. The first-order chi connectivity index (χ1) is 5.04. The maximum absolute atomic E-state index is 10.5. The van der Waals surface area contributed by atoms with E-state index in [0.717, 1.165) is 4.90 Å². The van der Waals surface area contributed by atoms with Crippen molar-refractivity contribution >= 4 is 18.3 Å². The van der Waals surface area contributed by atoms with Crippen molar-refractivity contribution in [3.8, 4) is 0 Å². The number of carboxylic acids is 1. The van der Waals surface area contributed by atoms with Gasteiger partial charge < -0.3 is 10.0 Å². The number of hydrogen-bond donors (Lipinski definition) is 1. The molecule has 0 aliphatic heterocycles. The van der Waals surface area contributed by atoms with Gasteiger partial charge in [-0.2, -0.15) is 0 Å². The Morgan fingerprint density at radius 3 is 2.45 bits per heavy atom. The Bertz CT molecular complexity index is 187. The van der Waals surface area contributed by atoms with Gasteiger partial charge in [0.25, 0.3) is 0 Å². The van der Waals surface area contributed by atoms with Crippen molar-refractivity contribution in [2.45, 2.75) is 0 Å². The molecule has 0 atom stereocenters. The van der Waals surface area contributed by atoms with E-state index in [0.29, 0.717) is 6.21 Å². The minimum Gasteiger partial charge on any atom is -0.477 e. The number of carboxylic acid groups (broad SMARTS) is 1. The highest BCUT2D eigenvalue weighted by Gasteiger charge is 2.02. The molecule has 0 aromatic rings. The summed E-state index contributed by atoms with van der Waals surface area (Å²) in [6.45, 7) is 0. The molecule has 1 amide bonds. The van der Waals surface area contributed by atoms with Crippen LogP contribution in [0, 0.1) is 0 Å². The summed E-state index contributed by atoms with van der Waals surface area (Å²) in [7, 11) is 2.91. The lowest BCUT2D eigenvalue weighted by atomic mass is 10.8. The standard InChI is InChI=1S/C5H8N2O4/c1-7(2)5(10)11-6-3-4(8)9/h3H,1-2H3,(H,8,9). The van der Waals surface area contributed by atoms with Gasteiger partial charge in [0, 0.05) is 14.1 Å². The lowest BCUT2D eigenvalue weighted by Gasteiger charge is -2.04. The molecule has 0 saturated carbocycles. The quantitative estimate of drug-likeness (QED) is 0.343. The number of oxime groups is 1. The molecule has 0 aromatic carbocycles. The summed E-state index contributed by atoms with van der Waals surface area (Å²) in [6.07, 6.45) is -0.232. The fourth-order valence-corrected chi connectivity index (χ4v) is 0.198. The van der Waals surface area contributed by atoms with Gasteiger partial charge in [0.05, 0.1) is 0 Å². The van der Waals surface area contributed by atoms with Gasteiger partial charge >= 0.3 is 12.1 Å². The zero-order valence-electron chi connectivity index (χ0n) is 6.14. The number of nitrogens with zero attached hydrogens (tertiary/aromatic N) is 2. The molecule has 0 heterocycles. The molecule has 11 heavy (non-hydrogen) atoms. The Labute approximate surface area is 63.0 Å². The van der Waals surface area contributed by atoms with E-state index in [1.165, 1.54) is 14.1 Å². The van der Waals surface area contributed by atoms with Crippen molar-refractivity contribution in [3.63, 3.8) is 0 Å². The summed E-state index contributed by atoms with van der Waals surface area (Å²) in [5.74, 6) is -1.27. The van der Waals surface area contributed by atoms with Crippen molar-refractivity contribution in [1.82, 2.24) is 4.90 Å². The van der Waals surface area contributed by atoms with Crippen molar-refractivity contribution < 1.29 is 19.5 Å². The average molecular weight is 160 g/mol. The van der Waals surface area contributed by atoms with Gasteiger partial charge in [-0.3, -0.25) is 4.84 Å². The molecule has 0 radical (unpaired) electrons. The van der Waals surface area contributed by atoms with Gasteiger partial charge in [-0.15, -0.1) is 0 Å². The second-order valence-electron chi connectivity index (χ2n) is 1.82. The van der Waals surface area contributed by atoms with Crippen molar-refractivity contribution in [2.24, 2.45) is 5.16 Å². The molecule has 0 fully saturated rings. The molecule has 0 aliphatic carbocycles. The zero-order chi connectivity index (χ0) is 8.85. The van der Waals surface area contributed by atoms with Crippen molar-refractivity contribution in [2.75, 3.05) is 14.1 Å². The monoisotopic (exact) mass is 160 g/mol. The molecule has 0 bridgehead atoms. The number of carbonyl (C=O) groups excluding carboxylic acids is 1. The van der Waals surface area contributed by atoms with E-state index in [-0.39, 0.29) is 0 Å². The Morgan fingerprint density at radius 2 is 2.09 bits per heavy atom. The molecule has 6 nitrogen and oxygen atoms in total. The first kappa shape index (κ1) is 9.41. The number of hydrogen-bond acceptors (Lipinski definition) is 4. The number of amides is 1. The van der Waals surface area contributed by atoms with Gasteiger partial charge in [0.1, 0.15) is 0 Å². The number of aliphatic carboxylic acids is 1. The average Bonchev–Trinajstić information content (AvgIpc) is 1.86. The normalized spacial score (nSPS) is 9.64. The van der Waals surface area contributed by atoms with E-state index in [9.17, 15) is 9.59 Å². The second-order valence-corrected chi connectivity index (χ2v) is 1.82. The van der Waals surface area contributed by atoms with Crippen LogP contribution in [0.1, 0.15) is 0 Å². The summed E-state index contributed by atoms with van der Waals surface area (Å²) in [4.78, 5) is 25.5. The molecule has 62 valence electrons. The highest BCUT2D eigenvalue weighted by molar-refractivity contribution is 6.21. The van der Waals surface area contributed by atoms with Crippen LogP contribution in [0.3, 0.4) is 0 Å². The third-order valence-corrected chi connectivity index (χ3v) is 0.659. The minimum absolute atomic E-state index is 0.488. The Hall–Kier alpha value is -1.59. The Kier molecular flexibility index (Phi) is 3.65. The summed E-state index contributed by atoms with van der Waals surface area (Å²) >= 11 is 0. The largest absolute Gasteiger partial charge is 0.477 e. The predicted octanol–water partition coefficient (Wildman–Crippen LogP) is -0.245. The van der Waals surface area contributed by atoms with Crippen LogP contribution in [0.4, 0.5) is 4.79 Å². The Balaban J connectivity index is 3.71. The molecule has 0 aromatic heterocycles. The molecule has 1 N–H and O–H groups in total. The van der Waals surface area contributed by atoms with E-state index in [4.69, 9.17) is 5.11 Å². The van der Waals surface area contributed by atoms with Crippen LogP contribution < -0.4 is 0 Å². The van der Waals surface area contributed by atoms with Crippen LogP contribution in [0.25, 0.3) is 0 Å². The van der Waals surface area contributed by atoms with Gasteiger partial charge in [-0.25, -0.2) is 9.59 Å². The molecule has 6 heteroatoms. The SMILES string of the molecule is CN(C)C(=O)ON=CC(=O)O. The Morgan fingerprint density at radius 1 is 1.55 bits per heavy atom. The molecule has 0 spiro atoms. The summed E-state index contributed by atoms with van der Waals surface area (Å²) in [5, 5.41) is 10.9. The summed E-state index contributed by atoms with van der Waals surface area (Å²) in [6, 6.07) is 0. The molecular formula is C5H8N2O4. The first-order valence-corrected chi connectivity index (χ1v) is 2.68. The van der Waals surface area contributed by atoms with Gasteiger partial charge in [-0.1, -0.05) is 5.16 Å². The smallest absolute Gasteiger partial charge is 0.435 e. The van der Waals surface area contributed by atoms with Crippen LogP contribution >= 0.6 is 0 Å². The maximum atomic E-state index is 10.5. The van der Waals surface area contributed by atoms with Gasteiger partial charge in [0.2, 0.25) is 0 Å². The number of rotatable bonds is 2. The lowest BCUT2D eigenvalue weighted by molar-refractivity contribution is -0.128. The van der Waals surface area contributed by atoms with Crippen molar-refractivity contribution in [1.29, 1.82) is 0 Å². The first-order valence-electron chi connectivity index (χ1n) is 2.68. The van der Waals surface area contributed by atoms with Crippen LogP contribution in [0.15, 0.2) is 5.16 Å². The van der Waals surface area contributed by atoms with Crippen LogP contribution in [0.5, 0.6) is 0 Å². The van der Waals surface area contributed by atoms with E-state index >= 15 is 0 Å². The lowest BCUT2D eigenvalue weighted by Crippen LogP contribution is -2.21. The number of carbonyl (C=O) groups is 2. The second kappa shape index (κ2) is 4.26. The molecule has 0 unspecified atom stereocenters. The topological polar surface area (TPSA) is 79.2 Å². The van der Waals surface area contributed by atoms with Crippen LogP contribution in [-0.4, -0.2) is 42.4 Å². The summed E-state index contributed by atoms with van der Waals surface area (Å²) < 4.78 is 0. The molecule has 0 saturated heterocycles. The van der Waals surface area contributed by atoms with Crippen LogP contribution in [-0.2, 0) is 9.63 Å². The molecule has 0 rings (SSSR count). The van der Waals surface area contributed by atoms with E-state index in [2.05, 4.69) is 9.99 Å². The van der Waals surface area contributed by atoms with E-state index in [1.807, 2.05) is 0 Å². The van der Waals surface area contributed by atoms with E-state index < -0.39 is 12.1 Å². The van der Waals surface area contributed by atoms with Crippen molar-refractivity contribution in [3.05, 3.63) is 0 Å². The minimum atomic E-state index is -1.27.